The van der Waals surface area contributed by atoms with E-state index in [0.29, 0.717) is 0 Å². The fourth-order valence-electron chi connectivity index (χ4n) is 2.63. The highest BCUT2D eigenvalue weighted by Crippen LogP contribution is 2.34. The molecule has 0 aliphatic rings. The number of aromatic amines is 1. The van der Waals surface area contributed by atoms with Gasteiger partial charge < -0.3 is 10.3 Å². The van der Waals surface area contributed by atoms with Crippen LogP contribution < -0.4 is 5.32 Å². The second-order valence-electron chi connectivity index (χ2n) is 5.05. The van der Waals surface area contributed by atoms with Gasteiger partial charge in [0.05, 0.1) is 4.88 Å². The molecule has 4 nitrogen and oxygen atoms in total. The molecule has 0 aliphatic heterocycles. The van der Waals surface area contributed by atoms with E-state index in [0.717, 1.165) is 37.1 Å². The Morgan fingerprint density at radius 2 is 2.18 bits per heavy atom. The first-order chi connectivity index (χ1) is 10.8. The molecule has 0 radical (unpaired) electrons. The number of aromatic nitrogens is 2. The van der Waals surface area contributed by atoms with Gasteiger partial charge in [0.25, 0.3) is 5.91 Å². The van der Waals surface area contributed by atoms with Gasteiger partial charge in [-0.05, 0) is 29.8 Å². The normalized spacial score (nSPS) is 11.1. The fourth-order valence-corrected chi connectivity index (χ4v) is 3.67. The van der Waals surface area contributed by atoms with E-state index in [9.17, 15) is 4.79 Å². The third kappa shape index (κ3) is 1.98. The Hall–Kier alpha value is -2.66. The summed E-state index contributed by atoms with van der Waals surface area (Å²) in [6.07, 6.45) is 3.75. The second kappa shape index (κ2) is 4.96. The summed E-state index contributed by atoms with van der Waals surface area (Å²) in [6.45, 7) is 0. The van der Waals surface area contributed by atoms with Crippen LogP contribution in [0.15, 0.2) is 48.8 Å². The molecule has 3 aromatic heterocycles. The van der Waals surface area contributed by atoms with Gasteiger partial charge in [-0.15, -0.1) is 11.3 Å². The minimum atomic E-state index is -0.0497. The summed E-state index contributed by atoms with van der Waals surface area (Å²) in [7, 11) is 1.65. The first-order valence-corrected chi connectivity index (χ1v) is 7.76. The quantitative estimate of drug-likeness (QED) is 0.592. The maximum absolute atomic E-state index is 11.9. The number of carbonyl (C=O) groups excluding carboxylic acids is 1. The highest BCUT2D eigenvalue weighted by Gasteiger charge is 2.12. The Balaban J connectivity index is 1.93. The number of hydrogen-bond donors (Lipinski definition) is 2. The molecule has 0 unspecified atom stereocenters. The number of nitrogens with zero attached hydrogens (tertiary/aromatic N) is 1. The molecular formula is C17H13N3OS. The Bertz CT molecular complexity index is 999. The molecule has 5 heteroatoms. The van der Waals surface area contributed by atoms with Crippen LogP contribution in [0.1, 0.15) is 9.67 Å². The number of H-pyrrole nitrogens is 1. The van der Waals surface area contributed by atoms with Crippen LogP contribution in [-0.4, -0.2) is 22.9 Å². The Morgan fingerprint density at radius 1 is 1.27 bits per heavy atom. The first-order valence-electron chi connectivity index (χ1n) is 6.94. The molecule has 3 heterocycles. The monoisotopic (exact) mass is 307 g/mol. The van der Waals surface area contributed by atoms with Crippen LogP contribution in [-0.2, 0) is 0 Å². The van der Waals surface area contributed by atoms with Crippen molar-refractivity contribution in [3.8, 4) is 11.1 Å². The summed E-state index contributed by atoms with van der Waals surface area (Å²) in [5.41, 5.74) is 3.03. The lowest BCUT2D eigenvalue weighted by Gasteiger charge is -2.03. The number of carbonyl (C=O) groups is 1. The van der Waals surface area contributed by atoms with Gasteiger partial charge in [0.15, 0.2) is 0 Å². The second-order valence-corrected chi connectivity index (χ2v) is 6.13. The Labute approximate surface area is 130 Å². The van der Waals surface area contributed by atoms with Crippen molar-refractivity contribution < 1.29 is 4.79 Å². The van der Waals surface area contributed by atoms with E-state index in [1.807, 2.05) is 36.7 Å². The molecule has 4 aromatic rings. The van der Waals surface area contributed by atoms with Crippen LogP contribution in [0, 0.1) is 0 Å². The molecule has 2 N–H and O–H groups in total. The van der Waals surface area contributed by atoms with Crippen LogP contribution in [0.4, 0.5) is 0 Å². The Kier molecular flexibility index (Phi) is 2.94. The predicted octanol–water partition coefficient (Wildman–Crippen LogP) is 3.80. The molecule has 108 valence electrons. The molecule has 0 saturated carbocycles. The highest BCUT2D eigenvalue weighted by molar-refractivity contribution is 7.20. The van der Waals surface area contributed by atoms with Gasteiger partial charge in [-0.3, -0.25) is 4.79 Å². The van der Waals surface area contributed by atoms with E-state index in [1.165, 1.54) is 11.3 Å². The van der Waals surface area contributed by atoms with E-state index in [2.05, 4.69) is 27.4 Å². The van der Waals surface area contributed by atoms with Crippen molar-refractivity contribution in [3.05, 3.63) is 53.7 Å². The summed E-state index contributed by atoms with van der Waals surface area (Å²) >= 11 is 1.51. The number of thiophene rings is 1. The standard InChI is InChI=1S/C17H13N3OS/c1-18-17(21)15-8-13-12(3-2-4-14(13)22-15)11-7-10-5-6-19-16(10)20-9-11/h2-9H,1H3,(H,18,21)(H,19,20). The third-order valence-electron chi connectivity index (χ3n) is 3.72. The number of amides is 1. The van der Waals surface area contributed by atoms with E-state index >= 15 is 0 Å². The lowest BCUT2D eigenvalue weighted by molar-refractivity contribution is 0.0967. The van der Waals surface area contributed by atoms with Crippen LogP contribution in [0.5, 0.6) is 0 Å². The van der Waals surface area contributed by atoms with E-state index in [4.69, 9.17) is 0 Å². The number of benzene rings is 1. The highest BCUT2D eigenvalue weighted by atomic mass is 32.1. The number of hydrogen-bond acceptors (Lipinski definition) is 3. The van der Waals surface area contributed by atoms with Crippen LogP contribution in [0.2, 0.25) is 0 Å². The Morgan fingerprint density at radius 3 is 3.05 bits per heavy atom. The van der Waals surface area contributed by atoms with Crippen molar-refractivity contribution in [3.63, 3.8) is 0 Å². The lowest BCUT2D eigenvalue weighted by atomic mass is 10.0. The molecule has 0 fully saturated rings. The van der Waals surface area contributed by atoms with Crippen molar-refractivity contribution in [1.29, 1.82) is 0 Å². The zero-order valence-corrected chi connectivity index (χ0v) is 12.7. The van der Waals surface area contributed by atoms with Gasteiger partial charge in [0.1, 0.15) is 5.65 Å². The summed E-state index contributed by atoms with van der Waals surface area (Å²) in [5, 5.41) is 4.84. The largest absolute Gasteiger partial charge is 0.354 e. The molecule has 22 heavy (non-hydrogen) atoms. The zero-order valence-electron chi connectivity index (χ0n) is 11.9. The number of fused-ring (bicyclic) bond motifs is 2. The average Bonchev–Trinajstić information content (AvgIpc) is 3.19. The van der Waals surface area contributed by atoms with Crippen molar-refractivity contribution >= 4 is 38.4 Å². The molecule has 0 aliphatic carbocycles. The number of nitrogens with one attached hydrogen (secondary N) is 2. The molecule has 0 spiro atoms. The van der Waals surface area contributed by atoms with Crippen molar-refractivity contribution in [1.82, 2.24) is 15.3 Å². The lowest BCUT2D eigenvalue weighted by Crippen LogP contribution is -2.15. The van der Waals surface area contributed by atoms with Gasteiger partial charge in [-0.1, -0.05) is 12.1 Å². The predicted molar refractivity (Wildman–Crippen MR) is 90.3 cm³/mol. The van der Waals surface area contributed by atoms with Crippen molar-refractivity contribution in [2.45, 2.75) is 0 Å². The fraction of sp³-hybridized carbons (Fsp3) is 0.0588. The van der Waals surface area contributed by atoms with Gasteiger partial charge in [-0.2, -0.15) is 0 Å². The van der Waals surface area contributed by atoms with Gasteiger partial charge >= 0.3 is 0 Å². The van der Waals surface area contributed by atoms with Crippen LogP contribution in [0.3, 0.4) is 0 Å². The zero-order chi connectivity index (χ0) is 15.1. The van der Waals surface area contributed by atoms with Crippen LogP contribution >= 0.6 is 11.3 Å². The summed E-state index contributed by atoms with van der Waals surface area (Å²) in [5.74, 6) is -0.0497. The molecule has 0 atom stereocenters. The minimum Gasteiger partial charge on any atom is -0.354 e. The third-order valence-corrected chi connectivity index (χ3v) is 4.82. The van der Waals surface area contributed by atoms with E-state index in [1.54, 1.807) is 7.05 Å². The maximum atomic E-state index is 11.9. The minimum absolute atomic E-state index is 0.0497. The maximum Gasteiger partial charge on any atom is 0.261 e. The van der Waals surface area contributed by atoms with Crippen molar-refractivity contribution in [2.24, 2.45) is 0 Å². The molecular weight excluding hydrogens is 294 g/mol. The molecule has 1 amide bonds. The first kappa shape index (κ1) is 13.0. The SMILES string of the molecule is CNC(=O)c1cc2c(-c3cnc4[nH]ccc4c3)cccc2s1. The number of rotatable bonds is 2. The van der Waals surface area contributed by atoms with Gasteiger partial charge in [0.2, 0.25) is 0 Å². The smallest absolute Gasteiger partial charge is 0.261 e. The van der Waals surface area contributed by atoms with Crippen LogP contribution in [0.25, 0.3) is 32.2 Å². The van der Waals surface area contributed by atoms with Crippen molar-refractivity contribution in [2.75, 3.05) is 7.05 Å². The topological polar surface area (TPSA) is 57.8 Å². The molecule has 0 saturated heterocycles. The number of pyridine rings is 1. The molecule has 0 bridgehead atoms. The summed E-state index contributed by atoms with van der Waals surface area (Å²) < 4.78 is 1.10. The average molecular weight is 307 g/mol. The van der Waals surface area contributed by atoms with Gasteiger partial charge in [-0.25, -0.2) is 4.98 Å². The summed E-state index contributed by atoms with van der Waals surface area (Å²) in [4.78, 5) is 20.1. The van der Waals surface area contributed by atoms with Gasteiger partial charge in [0, 0.05) is 40.5 Å². The van der Waals surface area contributed by atoms with E-state index in [-0.39, 0.29) is 5.91 Å². The molecule has 4 rings (SSSR count). The van der Waals surface area contributed by atoms with E-state index < -0.39 is 0 Å². The summed E-state index contributed by atoms with van der Waals surface area (Å²) in [6, 6.07) is 12.2. The molecule has 1 aromatic carbocycles.